The predicted molar refractivity (Wildman–Crippen MR) is 97.8 cm³/mol. The number of rotatable bonds is 6. The SMILES string of the molecule is CN=C(NCc1cc(C)cc(OC)c1)NC(C)COC.I. The second-order valence-electron chi connectivity index (χ2n) is 4.78. The van der Waals surface area contributed by atoms with Crippen molar-refractivity contribution < 1.29 is 9.47 Å². The van der Waals surface area contributed by atoms with Crippen LogP contribution in [0.3, 0.4) is 0 Å². The van der Waals surface area contributed by atoms with Crippen molar-refractivity contribution >= 4 is 29.9 Å². The van der Waals surface area contributed by atoms with E-state index < -0.39 is 0 Å². The van der Waals surface area contributed by atoms with Crippen molar-refractivity contribution in [3.8, 4) is 5.75 Å². The summed E-state index contributed by atoms with van der Waals surface area (Å²) < 4.78 is 10.4. The molecule has 1 aromatic rings. The van der Waals surface area contributed by atoms with Gasteiger partial charge in [0.1, 0.15) is 5.75 Å². The van der Waals surface area contributed by atoms with Crippen molar-refractivity contribution in [2.45, 2.75) is 26.4 Å². The van der Waals surface area contributed by atoms with Crippen molar-refractivity contribution in [2.24, 2.45) is 4.99 Å². The first-order chi connectivity index (χ1) is 9.58. The Morgan fingerprint density at radius 1 is 1.29 bits per heavy atom. The van der Waals surface area contributed by atoms with Crippen molar-refractivity contribution in [3.05, 3.63) is 29.3 Å². The van der Waals surface area contributed by atoms with Gasteiger partial charge < -0.3 is 20.1 Å². The van der Waals surface area contributed by atoms with Crippen molar-refractivity contribution in [2.75, 3.05) is 27.9 Å². The average molecular weight is 407 g/mol. The standard InChI is InChI=1S/C15H25N3O2.HI/c1-11-6-13(8-14(7-11)20-5)9-17-15(16-3)18-12(2)10-19-4;/h6-8,12H,9-10H2,1-5H3,(H2,16,17,18);1H. The highest BCUT2D eigenvalue weighted by molar-refractivity contribution is 14.0. The maximum absolute atomic E-state index is 5.28. The Labute approximate surface area is 144 Å². The molecule has 0 fully saturated rings. The summed E-state index contributed by atoms with van der Waals surface area (Å²) >= 11 is 0. The van der Waals surface area contributed by atoms with E-state index in [1.807, 2.05) is 19.1 Å². The molecule has 5 nitrogen and oxygen atoms in total. The molecule has 0 saturated heterocycles. The molecule has 0 radical (unpaired) electrons. The monoisotopic (exact) mass is 407 g/mol. The number of ether oxygens (including phenoxy) is 2. The van der Waals surface area contributed by atoms with Crippen LogP contribution in [0.1, 0.15) is 18.1 Å². The van der Waals surface area contributed by atoms with Crippen molar-refractivity contribution in [1.29, 1.82) is 0 Å². The molecule has 6 heteroatoms. The molecule has 1 aromatic carbocycles. The number of aryl methyl sites for hydroxylation is 1. The van der Waals surface area contributed by atoms with Crippen molar-refractivity contribution in [1.82, 2.24) is 10.6 Å². The van der Waals surface area contributed by atoms with Crippen LogP contribution in [0.25, 0.3) is 0 Å². The first-order valence-electron chi connectivity index (χ1n) is 6.69. The average Bonchev–Trinajstić information content (AvgIpc) is 2.43. The number of guanidine groups is 1. The molecule has 0 spiro atoms. The van der Waals surface area contributed by atoms with E-state index in [0.717, 1.165) is 17.3 Å². The summed E-state index contributed by atoms with van der Waals surface area (Å²) in [5.74, 6) is 1.63. The van der Waals surface area contributed by atoms with Gasteiger partial charge in [-0.2, -0.15) is 0 Å². The van der Waals surface area contributed by atoms with E-state index in [1.54, 1.807) is 21.3 Å². The molecule has 0 bridgehead atoms. The molecule has 21 heavy (non-hydrogen) atoms. The van der Waals surface area contributed by atoms with Gasteiger partial charge in [-0.1, -0.05) is 6.07 Å². The number of nitrogens with zero attached hydrogens (tertiary/aromatic N) is 1. The van der Waals surface area contributed by atoms with E-state index in [0.29, 0.717) is 13.2 Å². The van der Waals surface area contributed by atoms with Gasteiger partial charge in [-0.3, -0.25) is 4.99 Å². The Bertz CT molecular complexity index is 453. The lowest BCUT2D eigenvalue weighted by atomic mass is 10.1. The normalized spacial score (nSPS) is 12.3. The Kier molecular flexibility index (Phi) is 10.2. The van der Waals surface area contributed by atoms with Crippen LogP contribution in [0.4, 0.5) is 0 Å². The number of halogens is 1. The van der Waals surface area contributed by atoms with E-state index in [2.05, 4.69) is 28.6 Å². The first-order valence-corrected chi connectivity index (χ1v) is 6.69. The number of nitrogens with one attached hydrogen (secondary N) is 2. The van der Waals surface area contributed by atoms with Crippen molar-refractivity contribution in [3.63, 3.8) is 0 Å². The van der Waals surface area contributed by atoms with Crippen LogP contribution < -0.4 is 15.4 Å². The number of hydrogen-bond donors (Lipinski definition) is 2. The molecule has 0 aliphatic heterocycles. The Hall–Kier alpha value is -1.02. The molecule has 1 atom stereocenters. The summed E-state index contributed by atoms with van der Waals surface area (Å²) in [6.45, 7) is 5.43. The molecule has 2 N–H and O–H groups in total. The third-order valence-electron chi connectivity index (χ3n) is 2.83. The van der Waals surface area contributed by atoms with Gasteiger partial charge in [0.25, 0.3) is 0 Å². The smallest absolute Gasteiger partial charge is 0.191 e. The van der Waals surface area contributed by atoms with E-state index in [-0.39, 0.29) is 30.0 Å². The van der Waals surface area contributed by atoms with Gasteiger partial charge in [-0.15, -0.1) is 24.0 Å². The largest absolute Gasteiger partial charge is 0.497 e. The summed E-state index contributed by atoms with van der Waals surface area (Å²) in [6, 6.07) is 6.36. The number of hydrogen-bond acceptors (Lipinski definition) is 3. The van der Waals surface area contributed by atoms with Crippen LogP contribution in [-0.2, 0) is 11.3 Å². The minimum absolute atomic E-state index is 0. The zero-order valence-electron chi connectivity index (χ0n) is 13.4. The van der Waals surface area contributed by atoms with E-state index in [9.17, 15) is 0 Å². The fraction of sp³-hybridized carbons (Fsp3) is 0.533. The van der Waals surface area contributed by atoms with E-state index in [4.69, 9.17) is 9.47 Å². The van der Waals surface area contributed by atoms with Gasteiger partial charge in [-0.05, 0) is 37.1 Å². The third-order valence-corrected chi connectivity index (χ3v) is 2.83. The molecular weight excluding hydrogens is 381 g/mol. The molecule has 0 aliphatic carbocycles. The summed E-state index contributed by atoms with van der Waals surface area (Å²) in [4.78, 5) is 4.20. The fourth-order valence-corrected chi connectivity index (χ4v) is 1.95. The summed E-state index contributed by atoms with van der Waals surface area (Å²) in [7, 11) is 5.12. The highest BCUT2D eigenvalue weighted by atomic mass is 127. The first kappa shape index (κ1) is 20.0. The minimum Gasteiger partial charge on any atom is -0.497 e. The molecule has 0 saturated carbocycles. The van der Waals surface area contributed by atoms with Crippen LogP contribution in [0.2, 0.25) is 0 Å². The summed E-state index contributed by atoms with van der Waals surface area (Å²) in [5.41, 5.74) is 2.33. The topological polar surface area (TPSA) is 54.9 Å². The van der Waals surface area contributed by atoms with Crippen LogP contribution in [0.5, 0.6) is 5.75 Å². The third kappa shape index (κ3) is 7.52. The molecule has 1 unspecified atom stereocenters. The van der Waals surface area contributed by atoms with Crippen LogP contribution in [-0.4, -0.2) is 39.9 Å². The van der Waals surface area contributed by atoms with E-state index >= 15 is 0 Å². The quantitative estimate of drug-likeness (QED) is 0.432. The van der Waals surface area contributed by atoms with Crippen LogP contribution >= 0.6 is 24.0 Å². The van der Waals surface area contributed by atoms with Gasteiger partial charge in [0.05, 0.1) is 13.7 Å². The highest BCUT2D eigenvalue weighted by Gasteiger charge is 2.05. The minimum atomic E-state index is 0. The molecule has 0 amide bonds. The molecule has 0 heterocycles. The molecule has 0 aliphatic rings. The number of benzene rings is 1. The second kappa shape index (κ2) is 10.7. The molecule has 1 rings (SSSR count). The van der Waals surface area contributed by atoms with Gasteiger partial charge in [-0.25, -0.2) is 0 Å². The maximum Gasteiger partial charge on any atom is 0.191 e. The Balaban J connectivity index is 0.00000400. The van der Waals surface area contributed by atoms with Crippen LogP contribution in [0.15, 0.2) is 23.2 Å². The Morgan fingerprint density at radius 2 is 2.00 bits per heavy atom. The zero-order valence-corrected chi connectivity index (χ0v) is 15.7. The van der Waals surface area contributed by atoms with Gasteiger partial charge in [0.2, 0.25) is 0 Å². The number of methoxy groups -OCH3 is 2. The zero-order chi connectivity index (χ0) is 15.0. The fourth-order valence-electron chi connectivity index (χ4n) is 1.95. The maximum atomic E-state index is 5.28. The molecular formula is C15H26IN3O2. The van der Waals surface area contributed by atoms with Gasteiger partial charge in [0.15, 0.2) is 5.96 Å². The van der Waals surface area contributed by atoms with E-state index in [1.165, 1.54) is 5.56 Å². The van der Waals surface area contributed by atoms with Crippen LogP contribution in [0, 0.1) is 6.92 Å². The number of aliphatic imine (C=N–C) groups is 1. The van der Waals surface area contributed by atoms with Gasteiger partial charge >= 0.3 is 0 Å². The lowest BCUT2D eigenvalue weighted by molar-refractivity contribution is 0.179. The lowest BCUT2D eigenvalue weighted by Crippen LogP contribution is -2.43. The summed E-state index contributed by atoms with van der Waals surface area (Å²) in [6.07, 6.45) is 0. The highest BCUT2D eigenvalue weighted by Crippen LogP contribution is 2.16. The Morgan fingerprint density at radius 3 is 2.57 bits per heavy atom. The molecule has 0 aromatic heterocycles. The van der Waals surface area contributed by atoms with Gasteiger partial charge in [0, 0.05) is 26.7 Å². The second-order valence-corrected chi connectivity index (χ2v) is 4.78. The predicted octanol–water partition coefficient (Wildman–Crippen LogP) is 2.32. The lowest BCUT2D eigenvalue weighted by Gasteiger charge is -2.17. The summed E-state index contributed by atoms with van der Waals surface area (Å²) in [5, 5.41) is 6.54. The molecule has 120 valence electrons.